The van der Waals surface area contributed by atoms with Crippen LogP contribution in [0.15, 0.2) is 24.3 Å². The third-order valence-corrected chi connectivity index (χ3v) is 4.99. The summed E-state index contributed by atoms with van der Waals surface area (Å²) in [6, 6.07) is 7.38. The summed E-state index contributed by atoms with van der Waals surface area (Å²) in [6.45, 7) is 2.45. The molecule has 0 spiro atoms. The molecule has 26 heavy (non-hydrogen) atoms. The Kier molecular flexibility index (Phi) is 7.75. The molecule has 1 amide bonds. The van der Waals surface area contributed by atoms with E-state index < -0.39 is 0 Å². The average Bonchev–Trinajstić information content (AvgIpc) is 2.67. The van der Waals surface area contributed by atoms with Crippen molar-refractivity contribution in [1.82, 2.24) is 4.90 Å². The highest BCUT2D eigenvalue weighted by atomic mass is 16.5. The summed E-state index contributed by atoms with van der Waals surface area (Å²) in [5.74, 6) is 1.12. The highest BCUT2D eigenvalue weighted by molar-refractivity contribution is 5.79. The number of rotatable bonds is 8. The molecule has 1 aliphatic rings. The predicted octanol–water partition coefficient (Wildman–Crippen LogP) is 3.04. The minimum atomic E-state index is -0.308. The maximum absolute atomic E-state index is 12.9. The van der Waals surface area contributed by atoms with Crippen LogP contribution in [-0.4, -0.2) is 50.2 Å². The van der Waals surface area contributed by atoms with Gasteiger partial charge in [-0.1, -0.05) is 31.9 Å². The molecule has 144 valence electrons. The highest BCUT2D eigenvalue weighted by Crippen LogP contribution is 2.29. The predicted molar refractivity (Wildman–Crippen MR) is 98.3 cm³/mol. The van der Waals surface area contributed by atoms with E-state index in [1.165, 1.54) is 13.5 Å². The summed E-state index contributed by atoms with van der Waals surface area (Å²) >= 11 is 0. The van der Waals surface area contributed by atoms with Gasteiger partial charge in [-0.15, -0.1) is 0 Å². The van der Waals surface area contributed by atoms with Crippen LogP contribution in [0.1, 0.15) is 39.0 Å². The number of ether oxygens (including phenoxy) is 3. The lowest BCUT2D eigenvalue weighted by atomic mass is 9.84. The highest BCUT2D eigenvalue weighted by Gasteiger charge is 2.31. The molecule has 0 saturated heterocycles. The number of esters is 1. The molecule has 1 aromatic carbocycles. The molecule has 0 N–H and O–H groups in total. The van der Waals surface area contributed by atoms with E-state index in [1.54, 1.807) is 24.1 Å². The molecule has 0 aliphatic heterocycles. The monoisotopic (exact) mass is 363 g/mol. The summed E-state index contributed by atoms with van der Waals surface area (Å²) in [7, 11) is 2.93. The maximum Gasteiger partial charge on any atom is 0.307 e. The van der Waals surface area contributed by atoms with E-state index >= 15 is 0 Å². The molecular formula is C20H29NO5. The first-order valence-corrected chi connectivity index (χ1v) is 9.19. The van der Waals surface area contributed by atoms with Gasteiger partial charge in [-0.05, 0) is 30.9 Å². The summed E-state index contributed by atoms with van der Waals surface area (Å²) in [4.78, 5) is 26.2. The zero-order valence-corrected chi connectivity index (χ0v) is 15.9. The molecule has 1 aromatic rings. The number of nitrogens with zero attached hydrogens (tertiary/aromatic N) is 1. The molecule has 0 radical (unpaired) electrons. The number of methoxy groups -OCH3 is 2. The Morgan fingerprint density at radius 2 is 1.81 bits per heavy atom. The van der Waals surface area contributed by atoms with Crippen molar-refractivity contribution in [1.29, 1.82) is 0 Å². The van der Waals surface area contributed by atoms with Crippen molar-refractivity contribution >= 4 is 11.9 Å². The Morgan fingerprint density at radius 1 is 1.12 bits per heavy atom. The van der Waals surface area contributed by atoms with Crippen LogP contribution in [0.4, 0.5) is 0 Å². The zero-order chi connectivity index (χ0) is 18.9. The molecule has 2 unspecified atom stereocenters. The van der Waals surface area contributed by atoms with Crippen LogP contribution in [0.25, 0.3) is 0 Å². The van der Waals surface area contributed by atoms with Gasteiger partial charge < -0.3 is 19.1 Å². The van der Waals surface area contributed by atoms with Crippen LogP contribution in [0, 0.1) is 5.92 Å². The zero-order valence-electron chi connectivity index (χ0n) is 15.9. The van der Waals surface area contributed by atoms with Gasteiger partial charge >= 0.3 is 5.97 Å². The second-order valence-electron chi connectivity index (χ2n) is 6.68. The largest absolute Gasteiger partial charge is 0.493 e. The molecule has 1 fully saturated rings. The fourth-order valence-corrected chi connectivity index (χ4v) is 3.51. The van der Waals surface area contributed by atoms with Gasteiger partial charge in [0.1, 0.15) is 0 Å². The molecule has 0 bridgehead atoms. The van der Waals surface area contributed by atoms with Crippen LogP contribution in [0.5, 0.6) is 11.5 Å². The van der Waals surface area contributed by atoms with E-state index in [0.29, 0.717) is 24.0 Å². The first kappa shape index (κ1) is 20.1. The van der Waals surface area contributed by atoms with Crippen molar-refractivity contribution in [3.8, 4) is 11.5 Å². The van der Waals surface area contributed by atoms with E-state index in [1.807, 2.05) is 12.1 Å². The van der Waals surface area contributed by atoms with Gasteiger partial charge in [0.15, 0.2) is 18.1 Å². The first-order valence-electron chi connectivity index (χ1n) is 9.19. The number of hydrogen-bond donors (Lipinski definition) is 0. The minimum Gasteiger partial charge on any atom is -0.493 e. The average molecular weight is 363 g/mol. The summed E-state index contributed by atoms with van der Waals surface area (Å²) in [5.41, 5.74) is 0. The van der Waals surface area contributed by atoms with Crippen molar-refractivity contribution in [3.63, 3.8) is 0 Å². The van der Waals surface area contributed by atoms with Crippen molar-refractivity contribution in [2.45, 2.75) is 45.1 Å². The number of hydrogen-bond acceptors (Lipinski definition) is 5. The Hall–Kier alpha value is -2.24. The summed E-state index contributed by atoms with van der Waals surface area (Å²) in [6.07, 6.45) is 4.54. The third-order valence-electron chi connectivity index (χ3n) is 4.99. The van der Waals surface area contributed by atoms with Crippen LogP contribution in [0.3, 0.4) is 0 Å². The van der Waals surface area contributed by atoms with Crippen molar-refractivity contribution in [3.05, 3.63) is 24.3 Å². The second-order valence-corrected chi connectivity index (χ2v) is 6.68. The lowest BCUT2D eigenvalue weighted by Gasteiger charge is -2.38. The van der Waals surface area contributed by atoms with Gasteiger partial charge in [0, 0.05) is 12.6 Å². The van der Waals surface area contributed by atoms with Crippen LogP contribution in [0.2, 0.25) is 0 Å². The molecule has 0 heterocycles. The molecule has 6 nitrogen and oxygen atoms in total. The molecule has 2 atom stereocenters. The Morgan fingerprint density at radius 3 is 2.46 bits per heavy atom. The van der Waals surface area contributed by atoms with Crippen molar-refractivity contribution < 1.29 is 23.8 Å². The van der Waals surface area contributed by atoms with Crippen LogP contribution < -0.4 is 9.47 Å². The lowest BCUT2D eigenvalue weighted by Crippen LogP contribution is -2.48. The minimum absolute atomic E-state index is 0.0786. The Bertz CT molecular complexity index is 604. The van der Waals surface area contributed by atoms with Crippen molar-refractivity contribution in [2.75, 3.05) is 27.4 Å². The van der Waals surface area contributed by atoms with Crippen molar-refractivity contribution in [2.24, 2.45) is 5.92 Å². The quantitative estimate of drug-likeness (QED) is 0.664. The molecule has 1 saturated carbocycles. The van der Waals surface area contributed by atoms with E-state index in [0.717, 1.165) is 19.3 Å². The fraction of sp³-hybridized carbons (Fsp3) is 0.600. The molecule has 1 aliphatic carbocycles. The second kappa shape index (κ2) is 10.0. The smallest absolute Gasteiger partial charge is 0.307 e. The van der Waals surface area contributed by atoms with Crippen LogP contribution in [-0.2, 0) is 14.3 Å². The number of carbonyl (C=O) groups is 2. The maximum atomic E-state index is 12.9. The van der Waals surface area contributed by atoms with E-state index in [4.69, 9.17) is 14.2 Å². The van der Waals surface area contributed by atoms with E-state index in [-0.39, 0.29) is 30.9 Å². The van der Waals surface area contributed by atoms with Gasteiger partial charge in [-0.2, -0.15) is 0 Å². The lowest BCUT2D eigenvalue weighted by molar-refractivity contribution is -0.143. The molecule has 6 heteroatoms. The Labute approximate surface area is 155 Å². The molecular weight excluding hydrogens is 334 g/mol. The third kappa shape index (κ3) is 5.38. The number of carbonyl (C=O) groups excluding carboxylic acids is 2. The number of amides is 1. The van der Waals surface area contributed by atoms with Gasteiger partial charge in [0.25, 0.3) is 5.91 Å². The standard InChI is InChI=1S/C20H29NO5/c1-15-8-4-5-9-16(15)21(13-12-20(23)25-3)19(22)14-26-18-11-7-6-10-17(18)24-2/h6-7,10-11,15-16H,4-5,8-9,12-14H2,1-3H3. The van der Waals surface area contributed by atoms with E-state index in [2.05, 4.69) is 6.92 Å². The Balaban J connectivity index is 2.05. The van der Waals surface area contributed by atoms with Gasteiger partial charge in [0.2, 0.25) is 0 Å². The summed E-state index contributed by atoms with van der Waals surface area (Å²) < 4.78 is 15.7. The fourth-order valence-electron chi connectivity index (χ4n) is 3.51. The summed E-state index contributed by atoms with van der Waals surface area (Å²) in [5, 5.41) is 0. The van der Waals surface area contributed by atoms with Gasteiger partial charge in [-0.3, -0.25) is 9.59 Å². The van der Waals surface area contributed by atoms with Gasteiger partial charge in [0.05, 0.1) is 20.6 Å². The first-order chi connectivity index (χ1) is 12.6. The van der Waals surface area contributed by atoms with Gasteiger partial charge in [-0.25, -0.2) is 0 Å². The number of benzene rings is 1. The number of para-hydroxylation sites is 2. The van der Waals surface area contributed by atoms with Crippen LogP contribution >= 0.6 is 0 Å². The van der Waals surface area contributed by atoms with E-state index in [9.17, 15) is 9.59 Å². The SMILES string of the molecule is COC(=O)CCN(C(=O)COc1ccccc1OC)C1CCCCC1C. The molecule has 0 aromatic heterocycles. The topological polar surface area (TPSA) is 65.1 Å². The normalized spacial score (nSPS) is 19.5. The molecule has 2 rings (SSSR count).